The van der Waals surface area contributed by atoms with Crippen LogP contribution in [-0.2, 0) is 6.61 Å². The van der Waals surface area contributed by atoms with E-state index in [1.54, 1.807) is 6.07 Å². The minimum absolute atomic E-state index is 0.103. The first-order chi connectivity index (χ1) is 12.6. The Morgan fingerprint density at radius 3 is 2.65 bits per heavy atom. The van der Waals surface area contributed by atoms with E-state index in [1.807, 2.05) is 30.3 Å². The van der Waals surface area contributed by atoms with Gasteiger partial charge in [0.1, 0.15) is 18.1 Å². The number of carbonyl (C=O) groups excluding carboxylic acids is 2. The number of furan rings is 1. The second-order valence-corrected chi connectivity index (χ2v) is 6.43. The van der Waals surface area contributed by atoms with Crippen LogP contribution in [0.1, 0.15) is 42.5 Å². The van der Waals surface area contributed by atoms with Crippen molar-refractivity contribution >= 4 is 11.9 Å². The lowest BCUT2D eigenvalue weighted by atomic mass is 10.1. The molecule has 0 spiro atoms. The minimum Gasteiger partial charge on any atom is -0.486 e. The summed E-state index contributed by atoms with van der Waals surface area (Å²) in [6.07, 6.45) is 3.18. The lowest BCUT2D eigenvalue weighted by Crippen LogP contribution is -2.50. The van der Waals surface area contributed by atoms with Gasteiger partial charge in [0.05, 0.1) is 0 Å². The van der Waals surface area contributed by atoms with Crippen LogP contribution < -0.4 is 20.9 Å². The summed E-state index contributed by atoms with van der Waals surface area (Å²) in [6.45, 7) is 2.32. The van der Waals surface area contributed by atoms with Gasteiger partial charge in [-0.15, -0.1) is 0 Å². The summed E-state index contributed by atoms with van der Waals surface area (Å²) in [4.78, 5) is 23.9. The predicted octanol–water partition coefficient (Wildman–Crippen LogP) is 2.99. The van der Waals surface area contributed by atoms with Gasteiger partial charge >= 0.3 is 11.9 Å². The van der Waals surface area contributed by atoms with Crippen LogP contribution in [0.2, 0.25) is 0 Å². The molecular formula is C19H23N3O4. The van der Waals surface area contributed by atoms with Crippen LogP contribution in [0.15, 0.2) is 46.9 Å². The molecule has 1 fully saturated rings. The summed E-state index contributed by atoms with van der Waals surface area (Å²) in [5, 5.41) is 2.86. The van der Waals surface area contributed by atoms with Crippen molar-refractivity contribution in [1.29, 1.82) is 0 Å². The van der Waals surface area contributed by atoms with E-state index in [2.05, 4.69) is 23.1 Å². The van der Waals surface area contributed by atoms with Gasteiger partial charge in [0.15, 0.2) is 5.76 Å². The first-order valence-corrected chi connectivity index (χ1v) is 8.75. The summed E-state index contributed by atoms with van der Waals surface area (Å²) < 4.78 is 11.0. The second-order valence-electron chi connectivity index (χ2n) is 6.43. The molecule has 3 amide bonds. The molecule has 0 aliphatic heterocycles. The molecule has 2 atom stereocenters. The zero-order valence-electron chi connectivity index (χ0n) is 14.7. The van der Waals surface area contributed by atoms with Crippen molar-refractivity contribution in [3.05, 3.63) is 54.0 Å². The highest BCUT2D eigenvalue weighted by Crippen LogP contribution is 2.24. The fourth-order valence-electron chi connectivity index (χ4n) is 2.99. The Hall–Kier alpha value is -2.96. The molecule has 1 aliphatic rings. The van der Waals surface area contributed by atoms with Crippen LogP contribution >= 0.6 is 0 Å². The summed E-state index contributed by atoms with van der Waals surface area (Å²) in [7, 11) is 0. The highest BCUT2D eigenvalue weighted by molar-refractivity contribution is 5.92. The minimum atomic E-state index is -0.523. The third-order valence-corrected chi connectivity index (χ3v) is 4.48. The third kappa shape index (κ3) is 4.78. The molecule has 1 aliphatic carbocycles. The first-order valence-electron chi connectivity index (χ1n) is 8.75. The van der Waals surface area contributed by atoms with Crippen LogP contribution in [0.4, 0.5) is 4.79 Å². The van der Waals surface area contributed by atoms with E-state index < -0.39 is 11.9 Å². The molecular weight excluding hydrogens is 334 g/mol. The van der Waals surface area contributed by atoms with Crippen molar-refractivity contribution in [2.75, 3.05) is 0 Å². The Morgan fingerprint density at radius 1 is 1.12 bits per heavy atom. The van der Waals surface area contributed by atoms with Crippen molar-refractivity contribution in [2.24, 2.45) is 5.92 Å². The number of hydrogen-bond donors (Lipinski definition) is 3. The monoisotopic (exact) mass is 357 g/mol. The van der Waals surface area contributed by atoms with Gasteiger partial charge in [-0.1, -0.05) is 31.5 Å². The van der Waals surface area contributed by atoms with E-state index in [9.17, 15) is 9.59 Å². The van der Waals surface area contributed by atoms with E-state index >= 15 is 0 Å². The molecule has 1 aromatic heterocycles. The molecule has 0 bridgehead atoms. The normalized spacial score (nSPS) is 19.0. The Balaban J connectivity index is 1.43. The Kier molecular flexibility index (Phi) is 5.78. The lowest BCUT2D eigenvalue weighted by Gasteiger charge is -2.17. The van der Waals surface area contributed by atoms with Crippen molar-refractivity contribution in [3.8, 4) is 5.75 Å². The zero-order valence-corrected chi connectivity index (χ0v) is 14.7. The molecule has 1 heterocycles. The predicted molar refractivity (Wildman–Crippen MR) is 95.4 cm³/mol. The second kappa shape index (κ2) is 8.42. The van der Waals surface area contributed by atoms with E-state index in [-0.39, 0.29) is 18.4 Å². The fourth-order valence-corrected chi connectivity index (χ4v) is 2.99. The lowest BCUT2D eigenvalue weighted by molar-refractivity contribution is 0.0903. The Bertz CT molecular complexity index is 744. The Labute approximate surface area is 152 Å². The number of ether oxygens (including phenoxy) is 1. The maximum absolute atomic E-state index is 12.1. The number of rotatable bonds is 5. The van der Waals surface area contributed by atoms with Crippen LogP contribution in [0.3, 0.4) is 0 Å². The molecule has 2 unspecified atom stereocenters. The average Bonchev–Trinajstić information content (AvgIpc) is 3.28. The molecule has 1 saturated carbocycles. The molecule has 2 aromatic rings. The number of carbonyl (C=O) groups is 2. The van der Waals surface area contributed by atoms with E-state index in [4.69, 9.17) is 9.15 Å². The molecule has 7 nitrogen and oxygen atoms in total. The average molecular weight is 357 g/mol. The van der Waals surface area contributed by atoms with Crippen LogP contribution in [-0.4, -0.2) is 18.0 Å². The van der Waals surface area contributed by atoms with Gasteiger partial charge in [-0.25, -0.2) is 10.2 Å². The number of hydrogen-bond acceptors (Lipinski definition) is 4. The van der Waals surface area contributed by atoms with Crippen molar-refractivity contribution in [2.45, 2.75) is 38.8 Å². The number of hydrazine groups is 1. The van der Waals surface area contributed by atoms with Crippen molar-refractivity contribution in [3.63, 3.8) is 0 Å². The highest BCUT2D eigenvalue weighted by atomic mass is 16.5. The maximum Gasteiger partial charge on any atom is 0.333 e. The molecule has 0 radical (unpaired) electrons. The summed E-state index contributed by atoms with van der Waals surface area (Å²) in [6, 6.07) is 12.3. The molecule has 138 valence electrons. The molecule has 26 heavy (non-hydrogen) atoms. The molecule has 1 aromatic carbocycles. The van der Waals surface area contributed by atoms with E-state index in [0.29, 0.717) is 11.7 Å². The molecule has 3 N–H and O–H groups in total. The quantitative estimate of drug-likeness (QED) is 0.717. The number of urea groups is 1. The Morgan fingerprint density at radius 2 is 1.92 bits per heavy atom. The third-order valence-electron chi connectivity index (χ3n) is 4.48. The van der Waals surface area contributed by atoms with Gasteiger partial charge in [0, 0.05) is 6.04 Å². The summed E-state index contributed by atoms with van der Waals surface area (Å²) in [5.41, 5.74) is 4.69. The largest absolute Gasteiger partial charge is 0.486 e. The van der Waals surface area contributed by atoms with Crippen LogP contribution in [0.25, 0.3) is 0 Å². The molecule has 0 saturated heterocycles. The molecule has 3 rings (SSSR count). The van der Waals surface area contributed by atoms with Gasteiger partial charge < -0.3 is 14.5 Å². The van der Waals surface area contributed by atoms with Crippen molar-refractivity contribution < 1.29 is 18.7 Å². The smallest absolute Gasteiger partial charge is 0.333 e. The standard InChI is InChI=1S/C19H23N3O4/c1-13-6-5-9-16(13)20-19(24)22-21-18(23)17-11-10-15(26-17)12-25-14-7-3-2-4-8-14/h2-4,7-8,10-11,13,16H,5-6,9,12H2,1H3,(H,21,23)(H2,20,22,24). The first kappa shape index (κ1) is 17.8. The number of benzene rings is 1. The van der Waals surface area contributed by atoms with Gasteiger partial charge in [-0.3, -0.25) is 10.2 Å². The van der Waals surface area contributed by atoms with Gasteiger partial charge in [-0.2, -0.15) is 0 Å². The zero-order chi connectivity index (χ0) is 18.4. The highest BCUT2D eigenvalue weighted by Gasteiger charge is 2.24. The number of para-hydroxylation sites is 1. The number of nitrogens with one attached hydrogen (secondary N) is 3. The van der Waals surface area contributed by atoms with Crippen LogP contribution in [0, 0.1) is 5.92 Å². The van der Waals surface area contributed by atoms with E-state index in [0.717, 1.165) is 25.0 Å². The van der Waals surface area contributed by atoms with Crippen LogP contribution in [0.5, 0.6) is 5.75 Å². The van der Waals surface area contributed by atoms with Gasteiger partial charge in [0.25, 0.3) is 0 Å². The van der Waals surface area contributed by atoms with Gasteiger partial charge in [0.2, 0.25) is 0 Å². The van der Waals surface area contributed by atoms with Crippen molar-refractivity contribution in [1.82, 2.24) is 16.2 Å². The topological polar surface area (TPSA) is 92.6 Å². The number of amides is 3. The SMILES string of the molecule is CC1CCCC1NC(=O)NNC(=O)c1ccc(COc2ccccc2)o1. The fraction of sp³-hybridized carbons (Fsp3) is 0.368. The van der Waals surface area contributed by atoms with Gasteiger partial charge in [-0.05, 0) is 43.0 Å². The maximum atomic E-state index is 12.1. The van der Waals surface area contributed by atoms with E-state index in [1.165, 1.54) is 6.07 Å². The summed E-state index contributed by atoms with van der Waals surface area (Å²) in [5.74, 6) is 1.27. The summed E-state index contributed by atoms with van der Waals surface area (Å²) >= 11 is 0. The molecule has 7 heteroatoms.